The van der Waals surface area contributed by atoms with Crippen LogP contribution in [0.25, 0.3) is 0 Å². The van der Waals surface area contributed by atoms with Crippen molar-refractivity contribution in [1.29, 1.82) is 0 Å². The van der Waals surface area contributed by atoms with E-state index >= 15 is 0 Å². The topological polar surface area (TPSA) is 90.5 Å². The van der Waals surface area contributed by atoms with Gasteiger partial charge < -0.3 is 15.5 Å². The molecule has 0 aromatic heterocycles. The highest BCUT2D eigenvalue weighted by atomic mass is 16.2. The Labute approximate surface area is 158 Å². The average Bonchev–Trinajstić information content (AvgIpc) is 3.13. The van der Waals surface area contributed by atoms with Gasteiger partial charge in [0.05, 0.1) is 0 Å². The predicted molar refractivity (Wildman–Crippen MR) is 99.8 cm³/mol. The molecule has 3 N–H and O–H groups in total. The van der Waals surface area contributed by atoms with Gasteiger partial charge in [0.2, 0.25) is 11.8 Å². The van der Waals surface area contributed by atoms with Gasteiger partial charge in [0.15, 0.2) is 0 Å². The summed E-state index contributed by atoms with van der Waals surface area (Å²) >= 11 is 0. The van der Waals surface area contributed by atoms with E-state index in [1.807, 2.05) is 18.2 Å². The molecular formula is C20H26N4O3. The first kappa shape index (κ1) is 18.1. The number of rotatable bonds is 4. The minimum Gasteiger partial charge on any atom is -0.322 e. The Bertz CT molecular complexity index is 804. The minimum atomic E-state index is -0.568. The number of hydrogen-bond donors (Lipinski definition) is 3. The summed E-state index contributed by atoms with van der Waals surface area (Å²) in [6, 6.07) is 5.58. The predicted octanol–water partition coefficient (Wildman–Crippen LogP) is 0.678. The number of piperidine rings is 1. The van der Waals surface area contributed by atoms with Crippen LogP contribution < -0.4 is 16.0 Å². The fraction of sp³-hybridized carbons (Fsp3) is 0.550. The molecule has 1 aromatic carbocycles. The summed E-state index contributed by atoms with van der Waals surface area (Å²) in [4.78, 5) is 38.1. The van der Waals surface area contributed by atoms with Crippen LogP contribution in [-0.2, 0) is 22.7 Å². The van der Waals surface area contributed by atoms with Crippen LogP contribution in [0.1, 0.15) is 54.6 Å². The fourth-order valence-electron chi connectivity index (χ4n) is 4.43. The summed E-state index contributed by atoms with van der Waals surface area (Å²) in [5, 5.41) is 9.48. The SMILES string of the molecule is CC1(C)NCCC1NCc1cccc2c1CN(C1CCC(=O)NC1=O)C2=O. The highest BCUT2D eigenvalue weighted by molar-refractivity contribution is 6.05. The van der Waals surface area contributed by atoms with Crippen molar-refractivity contribution < 1.29 is 14.4 Å². The Morgan fingerprint density at radius 2 is 2.04 bits per heavy atom. The molecule has 2 unspecified atom stereocenters. The summed E-state index contributed by atoms with van der Waals surface area (Å²) in [6.07, 6.45) is 1.73. The normalized spacial score (nSPS) is 27.0. The summed E-state index contributed by atoms with van der Waals surface area (Å²) < 4.78 is 0. The van der Waals surface area contributed by atoms with Crippen LogP contribution in [-0.4, -0.2) is 46.8 Å². The Morgan fingerprint density at radius 1 is 1.22 bits per heavy atom. The highest BCUT2D eigenvalue weighted by Gasteiger charge is 2.40. The smallest absolute Gasteiger partial charge is 0.255 e. The lowest BCUT2D eigenvalue weighted by atomic mass is 9.96. The van der Waals surface area contributed by atoms with Gasteiger partial charge in [0.1, 0.15) is 6.04 Å². The first-order chi connectivity index (χ1) is 12.9. The molecule has 2 atom stereocenters. The van der Waals surface area contributed by atoms with Gasteiger partial charge in [-0.05, 0) is 50.4 Å². The summed E-state index contributed by atoms with van der Waals surface area (Å²) in [5.41, 5.74) is 2.80. The van der Waals surface area contributed by atoms with Gasteiger partial charge in [0.25, 0.3) is 5.91 Å². The van der Waals surface area contributed by atoms with Crippen LogP contribution in [0.3, 0.4) is 0 Å². The molecule has 3 heterocycles. The lowest BCUT2D eigenvalue weighted by molar-refractivity contribution is -0.136. The standard InChI is InChI=1S/C20H26N4O3/c1-20(2)16(8-9-22-20)21-10-12-4-3-5-13-14(12)11-24(19(13)27)15-6-7-17(25)23-18(15)26/h3-5,15-16,21-22H,6-11H2,1-2H3,(H,23,25,26). The molecular weight excluding hydrogens is 344 g/mol. The Morgan fingerprint density at radius 3 is 2.74 bits per heavy atom. The van der Waals surface area contributed by atoms with E-state index in [-0.39, 0.29) is 29.7 Å². The van der Waals surface area contributed by atoms with Crippen LogP contribution in [0.15, 0.2) is 18.2 Å². The minimum absolute atomic E-state index is 0.0481. The molecule has 3 amide bonds. The average molecular weight is 370 g/mol. The molecule has 7 nitrogen and oxygen atoms in total. The zero-order valence-corrected chi connectivity index (χ0v) is 15.8. The van der Waals surface area contributed by atoms with E-state index in [9.17, 15) is 14.4 Å². The van der Waals surface area contributed by atoms with Gasteiger partial charge in [-0.15, -0.1) is 0 Å². The maximum Gasteiger partial charge on any atom is 0.255 e. The van der Waals surface area contributed by atoms with Crippen molar-refractivity contribution in [2.24, 2.45) is 0 Å². The molecule has 2 saturated heterocycles. The number of carbonyl (C=O) groups excluding carboxylic acids is 3. The van der Waals surface area contributed by atoms with E-state index in [0.29, 0.717) is 31.1 Å². The zero-order valence-electron chi connectivity index (χ0n) is 15.8. The van der Waals surface area contributed by atoms with Crippen molar-refractivity contribution in [2.45, 2.75) is 63.8 Å². The van der Waals surface area contributed by atoms with E-state index in [4.69, 9.17) is 0 Å². The van der Waals surface area contributed by atoms with E-state index < -0.39 is 6.04 Å². The second kappa shape index (κ2) is 6.73. The van der Waals surface area contributed by atoms with Crippen molar-refractivity contribution in [3.63, 3.8) is 0 Å². The Balaban J connectivity index is 1.51. The van der Waals surface area contributed by atoms with Gasteiger partial charge in [0, 0.05) is 36.7 Å². The van der Waals surface area contributed by atoms with Crippen molar-refractivity contribution in [2.75, 3.05) is 6.54 Å². The van der Waals surface area contributed by atoms with Crippen molar-refractivity contribution in [3.8, 4) is 0 Å². The van der Waals surface area contributed by atoms with Crippen molar-refractivity contribution >= 4 is 17.7 Å². The van der Waals surface area contributed by atoms with Crippen molar-refractivity contribution in [3.05, 3.63) is 34.9 Å². The lowest BCUT2D eigenvalue weighted by Crippen LogP contribution is -2.52. The van der Waals surface area contributed by atoms with E-state index in [1.165, 1.54) is 0 Å². The van der Waals surface area contributed by atoms with Crippen LogP contribution in [0, 0.1) is 0 Å². The number of fused-ring (bicyclic) bond motifs is 1. The molecule has 4 rings (SSSR count). The molecule has 7 heteroatoms. The first-order valence-corrected chi connectivity index (χ1v) is 9.60. The maximum atomic E-state index is 12.9. The molecule has 0 radical (unpaired) electrons. The maximum absolute atomic E-state index is 12.9. The molecule has 0 saturated carbocycles. The van der Waals surface area contributed by atoms with Crippen LogP contribution in [0.2, 0.25) is 0 Å². The molecule has 0 bridgehead atoms. The van der Waals surface area contributed by atoms with Crippen LogP contribution >= 0.6 is 0 Å². The van der Waals surface area contributed by atoms with E-state index in [1.54, 1.807) is 4.90 Å². The molecule has 27 heavy (non-hydrogen) atoms. The van der Waals surface area contributed by atoms with Gasteiger partial charge >= 0.3 is 0 Å². The monoisotopic (exact) mass is 370 g/mol. The second-order valence-corrected chi connectivity index (χ2v) is 8.21. The Hall–Kier alpha value is -2.25. The van der Waals surface area contributed by atoms with Gasteiger partial charge in [-0.1, -0.05) is 12.1 Å². The van der Waals surface area contributed by atoms with Crippen LogP contribution in [0.5, 0.6) is 0 Å². The first-order valence-electron chi connectivity index (χ1n) is 9.60. The molecule has 144 valence electrons. The van der Waals surface area contributed by atoms with Gasteiger partial charge in [-0.3, -0.25) is 19.7 Å². The quantitative estimate of drug-likeness (QED) is 0.678. The number of hydrogen-bond acceptors (Lipinski definition) is 5. The van der Waals surface area contributed by atoms with Crippen molar-refractivity contribution in [1.82, 2.24) is 20.9 Å². The number of benzene rings is 1. The third-order valence-corrected chi connectivity index (χ3v) is 6.10. The molecule has 3 aliphatic heterocycles. The number of imide groups is 1. The van der Waals surface area contributed by atoms with E-state index in [2.05, 4.69) is 29.8 Å². The third-order valence-electron chi connectivity index (χ3n) is 6.10. The number of amides is 3. The van der Waals surface area contributed by atoms with Crippen LogP contribution in [0.4, 0.5) is 0 Å². The summed E-state index contributed by atoms with van der Waals surface area (Å²) in [6.45, 7) is 6.50. The number of carbonyl (C=O) groups is 3. The van der Waals surface area contributed by atoms with Gasteiger partial charge in [-0.25, -0.2) is 0 Å². The third kappa shape index (κ3) is 3.26. The largest absolute Gasteiger partial charge is 0.322 e. The molecule has 2 fully saturated rings. The molecule has 0 spiro atoms. The Kier molecular flexibility index (Phi) is 4.52. The van der Waals surface area contributed by atoms with E-state index in [0.717, 1.165) is 24.1 Å². The molecule has 0 aliphatic carbocycles. The summed E-state index contributed by atoms with van der Waals surface area (Å²) in [5.74, 6) is -0.756. The highest BCUT2D eigenvalue weighted by Crippen LogP contribution is 2.30. The fourth-order valence-corrected chi connectivity index (χ4v) is 4.43. The molecule has 1 aromatic rings. The zero-order chi connectivity index (χ0) is 19.2. The molecule has 3 aliphatic rings. The number of nitrogens with one attached hydrogen (secondary N) is 3. The lowest BCUT2D eigenvalue weighted by Gasteiger charge is -2.29. The summed E-state index contributed by atoms with van der Waals surface area (Å²) in [7, 11) is 0. The second-order valence-electron chi connectivity index (χ2n) is 8.21. The number of nitrogens with zero attached hydrogens (tertiary/aromatic N) is 1. The van der Waals surface area contributed by atoms with Gasteiger partial charge in [-0.2, -0.15) is 0 Å².